The second-order valence-electron chi connectivity index (χ2n) is 11.0. The number of rotatable bonds is 5. The molecule has 224 valence electrons. The van der Waals surface area contributed by atoms with Crippen molar-refractivity contribution in [3.05, 3.63) is 119 Å². The molecule has 2 aromatic heterocycles. The van der Waals surface area contributed by atoms with E-state index in [0.717, 1.165) is 41.0 Å². The standard InChI is InChI=1S/C31H24F6N2O4/c1-15(2)17-5-7-18(8-6-17)29(30(32,33)34,31(35,36)37)19-9-11-20(12-10-19)39-27(42)23-13-21-22(14-24(23)28(39)43)26(41)38(16(3)4)25(21)40/h5-16H,1-4H3. The summed E-state index contributed by atoms with van der Waals surface area (Å²) in [5.41, 5.74) is -9.53. The van der Waals surface area contributed by atoms with Crippen molar-refractivity contribution >= 4 is 21.5 Å². The summed E-state index contributed by atoms with van der Waals surface area (Å²) in [5, 5.41) is -0.603. The number of hydrogen-bond acceptors (Lipinski definition) is 4. The molecule has 12 heteroatoms. The second-order valence-corrected chi connectivity index (χ2v) is 11.0. The van der Waals surface area contributed by atoms with Crippen molar-refractivity contribution in [3.8, 4) is 5.69 Å². The maximum absolute atomic E-state index is 14.6. The van der Waals surface area contributed by atoms with Crippen LogP contribution in [-0.2, 0) is 5.41 Å². The molecule has 0 N–H and O–H groups in total. The normalized spacial score (nSPS) is 13.2. The summed E-state index contributed by atoms with van der Waals surface area (Å²) in [6.45, 7) is 6.73. The third-order valence-corrected chi connectivity index (χ3v) is 7.86. The molecule has 43 heavy (non-hydrogen) atoms. The lowest BCUT2D eigenvalue weighted by molar-refractivity contribution is -0.288. The molecule has 0 saturated carbocycles. The number of benzene rings is 3. The molecule has 3 aromatic carbocycles. The summed E-state index contributed by atoms with van der Waals surface area (Å²) >= 11 is 0. The van der Waals surface area contributed by atoms with E-state index in [9.17, 15) is 45.5 Å². The minimum absolute atomic E-state index is 0.0839. The van der Waals surface area contributed by atoms with Gasteiger partial charge in [0.1, 0.15) is 0 Å². The van der Waals surface area contributed by atoms with Gasteiger partial charge in [-0.25, -0.2) is 4.57 Å². The lowest BCUT2D eigenvalue weighted by Gasteiger charge is -2.38. The van der Waals surface area contributed by atoms with Crippen molar-refractivity contribution in [2.24, 2.45) is 0 Å². The summed E-state index contributed by atoms with van der Waals surface area (Å²) in [6.07, 6.45) is -11.6. The Labute approximate surface area is 239 Å². The third kappa shape index (κ3) is 4.25. The minimum Gasteiger partial charge on any atom is -0.272 e. The molecule has 5 rings (SSSR count). The fourth-order valence-corrected chi connectivity index (χ4v) is 5.66. The lowest BCUT2D eigenvalue weighted by Crippen LogP contribution is -2.54. The van der Waals surface area contributed by atoms with E-state index in [4.69, 9.17) is 0 Å². The summed E-state index contributed by atoms with van der Waals surface area (Å²) in [6, 6.07) is 8.60. The number of hydrogen-bond donors (Lipinski definition) is 0. The van der Waals surface area contributed by atoms with Crippen LogP contribution in [0.25, 0.3) is 27.2 Å². The molecule has 0 fully saturated rings. The summed E-state index contributed by atoms with van der Waals surface area (Å²) in [7, 11) is 0. The van der Waals surface area contributed by atoms with Gasteiger partial charge in [-0.05, 0) is 60.7 Å². The van der Waals surface area contributed by atoms with Crippen LogP contribution in [0, 0.1) is 0 Å². The van der Waals surface area contributed by atoms with Gasteiger partial charge in [0.15, 0.2) is 0 Å². The van der Waals surface area contributed by atoms with Crippen molar-refractivity contribution in [1.29, 1.82) is 0 Å². The fourth-order valence-electron chi connectivity index (χ4n) is 5.66. The van der Waals surface area contributed by atoms with Gasteiger partial charge in [0.2, 0.25) is 5.41 Å². The van der Waals surface area contributed by atoms with Crippen molar-refractivity contribution in [2.75, 3.05) is 0 Å². The monoisotopic (exact) mass is 602 g/mol. The Morgan fingerprint density at radius 1 is 0.558 bits per heavy atom. The van der Waals surface area contributed by atoms with E-state index in [-0.39, 0.29) is 33.2 Å². The maximum Gasteiger partial charge on any atom is 0.411 e. The van der Waals surface area contributed by atoms with Gasteiger partial charge in [-0.15, -0.1) is 0 Å². The van der Waals surface area contributed by atoms with Crippen LogP contribution in [0.3, 0.4) is 0 Å². The molecule has 6 nitrogen and oxygen atoms in total. The lowest BCUT2D eigenvalue weighted by atomic mass is 9.72. The van der Waals surface area contributed by atoms with Crippen molar-refractivity contribution in [2.45, 2.75) is 57.4 Å². The van der Waals surface area contributed by atoms with E-state index in [2.05, 4.69) is 0 Å². The van der Waals surface area contributed by atoms with Gasteiger partial charge in [0.05, 0.1) is 27.2 Å². The van der Waals surface area contributed by atoms with Crippen molar-refractivity contribution in [3.63, 3.8) is 0 Å². The first-order chi connectivity index (χ1) is 19.9. The van der Waals surface area contributed by atoms with Gasteiger partial charge >= 0.3 is 12.4 Å². The van der Waals surface area contributed by atoms with Crippen LogP contribution in [0.1, 0.15) is 56.3 Å². The molecule has 0 amide bonds. The maximum atomic E-state index is 14.6. The molecule has 0 radical (unpaired) electrons. The number of halogens is 6. The molecule has 0 atom stereocenters. The molecule has 0 spiro atoms. The van der Waals surface area contributed by atoms with E-state index in [1.807, 2.05) is 0 Å². The van der Waals surface area contributed by atoms with Crippen LogP contribution in [0.5, 0.6) is 0 Å². The number of aromatic nitrogens is 2. The number of alkyl halides is 6. The largest absolute Gasteiger partial charge is 0.411 e. The average molecular weight is 603 g/mol. The van der Waals surface area contributed by atoms with Crippen LogP contribution in [0.4, 0.5) is 26.3 Å². The topological polar surface area (TPSA) is 78.1 Å². The molecule has 0 aliphatic heterocycles. The Balaban J connectivity index is 1.71. The predicted molar refractivity (Wildman–Crippen MR) is 150 cm³/mol. The first-order valence-corrected chi connectivity index (χ1v) is 13.2. The SMILES string of the molecule is CC(C)c1ccc(C(c2ccc(-n3c(=O)c4cc5c(=O)n(C(C)C)c(=O)c5cc4c3=O)cc2)(C(F)(F)F)C(F)(F)F)cc1. The quantitative estimate of drug-likeness (QED) is 0.231. The van der Waals surface area contributed by atoms with Crippen LogP contribution in [0.15, 0.2) is 79.8 Å². The van der Waals surface area contributed by atoms with Crippen molar-refractivity contribution in [1.82, 2.24) is 9.13 Å². The van der Waals surface area contributed by atoms with Gasteiger partial charge in [-0.3, -0.25) is 23.7 Å². The highest BCUT2D eigenvalue weighted by molar-refractivity contribution is 5.98. The number of nitrogens with zero attached hydrogens (tertiary/aromatic N) is 2. The smallest absolute Gasteiger partial charge is 0.272 e. The Hall–Kier alpha value is -4.48. The molecule has 0 saturated heterocycles. The zero-order valence-electron chi connectivity index (χ0n) is 23.2. The first-order valence-electron chi connectivity index (χ1n) is 13.2. The zero-order chi connectivity index (χ0) is 31.8. The van der Waals surface area contributed by atoms with E-state index in [1.54, 1.807) is 27.7 Å². The molecular weight excluding hydrogens is 578 g/mol. The molecule has 0 aliphatic rings. The summed E-state index contributed by atoms with van der Waals surface area (Å²) in [5.74, 6) is -0.134. The number of fused-ring (bicyclic) bond motifs is 2. The Bertz CT molecular complexity index is 1980. The Morgan fingerprint density at radius 2 is 0.930 bits per heavy atom. The van der Waals surface area contributed by atoms with Gasteiger partial charge in [0.25, 0.3) is 22.2 Å². The van der Waals surface area contributed by atoms with Crippen molar-refractivity contribution < 1.29 is 26.3 Å². The highest BCUT2D eigenvalue weighted by atomic mass is 19.4. The van der Waals surface area contributed by atoms with Crippen LogP contribution in [-0.4, -0.2) is 21.5 Å². The first kappa shape index (κ1) is 30.0. The Morgan fingerprint density at radius 3 is 1.28 bits per heavy atom. The molecule has 5 aromatic rings. The van der Waals surface area contributed by atoms with Gasteiger partial charge in [-0.2, -0.15) is 26.3 Å². The summed E-state index contributed by atoms with van der Waals surface area (Å²) in [4.78, 5) is 52.0. The molecular formula is C31H24F6N2O4. The highest BCUT2D eigenvalue weighted by Gasteiger charge is 2.72. The van der Waals surface area contributed by atoms with Crippen LogP contribution >= 0.6 is 0 Å². The van der Waals surface area contributed by atoms with E-state index < -0.39 is 57.2 Å². The van der Waals surface area contributed by atoms with Gasteiger partial charge < -0.3 is 0 Å². The molecule has 2 heterocycles. The zero-order valence-corrected chi connectivity index (χ0v) is 23.2. The summed E-state index contributed by atoms with van der Waals surface area (Å²) < 4.78 is 89.0. The fraction of sp³-hybridized carbons (Fsp3) is 0.290. The van der Waals surface area contributed by atoms with Gasteiger partial charge in [-0.1, -0.05) is 50.2 Å². The molecule has 0 aliphatic carbocycles. The van der Waals surface area contributed by atoms with E-state index in [0.29, 0.717) is 22.3 Å². The van der Waals surface area contributed by atoms with Crippen LogP contribution < -0.4 is 22.2 Å². The van der Waals surface area contributed by atoms with E-state index >= 15 is 0 Å². The van der Waals surface area contributed by atoms with Crippen LogP contribution in [0.2, 0.25) is 0 Å². The van der Waals surface area contributed by atoms with E-state index in [1.165, 1.54) is 12.1 Å². The predicted octanol–water partition coefficient (Wildman–Crippen LogP) is 6.02. The Kier molecular flexibility index (Phi) is 6.82. The molecule has 0 unspecified atom stereocenters. The molecule has 0 bridgehead atoms. The highest BCUT2D eigenvalue weighted by Crippen LogP contribution is 2.56. The average Bonchev–Trinajstić information content (AvgIpc) is 3.30. The third-order valence-electron chi connectivity index (χ3n) is 7.86. The van der Waals surface area contributed by atoms with Gasteiger partial charge in [0, 0.05) is 6.04 Å². The second kappa shape index (κ2) is 9.78. The minimum atomic E-state index is -5.81.